The monoisotopic (exact) mass is 214 g/mol. The molecule has 0 aliphatic rings. The molecule has 4 heteroatoms. The van der Waals surface area contributed by atoms with Gasteiger partial charge in [0, 0.05) is 12.6 Å². The molecule has 0 radical (unpaired) electrons. The van der Waals surface area contributed by atoms with Crippen molar-refractivity contribution in [1.29, 1.82) is 0 Å². The van der Waals surface area contributed by atoms with Crippen LogP contribution in [0.1, 0.15) is 19.8 Å². The van der Waals surface area contributed by atoms with E-state index in [9.17, 15) is 8.78 Å². The van der Waals surface area contributed by atoms with Gasteiger partial charge in [0.25, 0.3) is 0 Å². The van der Waals surface area contributed by atoms with Crippen LogP contribution in [0.3, 0.4) is 0 Å². The van der Waals surface area contributed by atoms with Gasteiger partial charge in [-0.2, -0.15) is 0 Å². The van der Waals surface area contributed by atoms with Gasteiger partial charge in [0.2, 0.25) is 0 Å². The molecule has 0 aliphatic carbocycles. The molecule has 1 aromatic rings. The lowest BCUT2D eigenvalue weighted by molar-refractivity contribution is 0.599. The van der Waals surface area contributed by atoms with Gasteiger partial charge in [-0.15, -0.1) is 0 Å². The number of halogens is 2. The van der Waals surface area contributed by atoms with Gasteiger partial charge < -0.3 is 11.1 Å². The summed E-state index contributed by atoms with van der Waals surface area (Å²) in [7, 11) is 0. The smallest absolute Gasteiger partial charge is 0.146 e. The lowest BCUT2D eigenvalue weighted by atomic mass is 10.2. The second kappa shape index (κ2) is 5.66. The summed E-state index contributed by atoms with van der Waals surface area (Å²) >= 11 is 0. The fourth-order valence-corrected chi connectivity index (χ4v) is 1.28. The third-order valence-electron chi connectivity index (χ3n) is 2.08. The van der Waals surface area contributed by atoms with Crippen LogP contribution in [0.2, 0.25) is 0 Å². The summed E-state index contributed by atoms with van der Waals surface area (Å²) in [5.74, 6) is -0.872. The number of rotatable bonds is 5. The molecular formula is C11H16F2N2. The van der Waals surface area contributed by atoms with E-state index in [2.05, 4.69) is 5.32 Å². The van der Waals surface area contributed by atoms with Crippen LogP contribution in [0.5, 0.6) is 0 Å². The molecule has 0 amide bonds. The van der Waals surface area contributed by atoms with E-state index < -0.39 is 11.6 Å². The van der Waals surface area contributed by atoms with Crippen LogP contribution in [0.4, 0.5) is 14.5 Å². The molecule has 0 heterocycles. The predicted molar refractivity (Wildman–Crippen MR) is 57.7 cm³/mol. The van der Waals surface area contributed by atoms with Gasteiger partial charge in [-0.25, -0.2) is 8.78 Å². The van der Waals surface area contributed by atoms with Crippen LogP contribution in [-0.4, -0.2) is 12.6 Å². The topological polar surface area (TPSA) is 38.0 Å². The van der Waals surface area contributed by atoms with E-state index in [1.54, 1.807) is 0 Å². The first-order valence-corrected chi connectivity index (χ1v) is 5.04. The van der Waals surface area contributed by atoms with Gasteiger partial charge in [0.15, 0.2) is 0 Å². The Bertz CT molecular complexity index is 313. The lowest BCUT2D eigenvalue weighted by Crippen LogP contribution is -2.16. The first kappa shape index (κ1) is 11.9. The van der Waals surface area contributed by atoms with Gasteiger partial charge in [-0.1, -0.05) is 0 Å². The summed E-state index contributed by atoms with van der Waals surface area (Å²) in [6.07, 6.45) is 1.71. The summed E-state index contributed by atoms with van der Waals surface area (Å²) < 4.78 is 25.9. The Morgan fingerprint density at radius 3 is 2.80 bits per heavy atom. The fraction of sp³-hybridized carbons (Fsp3) is 0.455. The molecule has 0 aliphatic heterocycles. The van der Waals surface area contributed by atoms with Crippen molar-refractivity contribution in [1.82, 2.24) is 0 Å². The van der Waals surface area contributed by atoms with E-state index in [-0.39, 0.29) is 11.7 Å². The molecule has 0 bridgehead atoms. The summed E-state index contributed by atoms with van der Waals surface area (Å²) in [6.45, 7) is 2.52. The van der Waals surface area contributed by atoms with E-state index >= 15 is 0 Å². The van der Waals surface area contributed by atoms with Crippen LogP contribution < -0.4 is 11.1 Å². The molecule has 0 aromatic heterocycles. The Kier molecular flexibility index (Phi) is 4.49. The third kappa shape index (κ3) is 4.25. The molecule has 1 rings (SSSR count). The summed E-state index contributed by atoms with van der Waals surface area (Å²) in [5, 5.41) is 2.84. The van der Waals surface area contributed by atoms with E-state index in [4.69, 9.17) is 5.73 Å². The summed E-state index contributed by atoms with van der Waals surface area (Å²) in [6, 6.07) is 3.51. The molecule has 1 unspecified atom stereocenters. The highest BCUT2D eigenvalue weighted by molar-refractivity contribution is 5.44. The minimum absolute atomic E-state index is 0.143. The van der Waals surface area contributed by atoms with Gasteiger partial charge >= 0.3 is 0 Å². The minimum Gasteiger partial charge on any atom is -0.383 e. The summed E-state index contributed by atoms with van der Waals surface area (Å²) in [5.41, 5.74) is 5.77. The number of anilines is 1. The minimum atomic E-state index is -0.439. The number of hydrogen-bond acceptors (Lipinski definition) is 2. The molecule has 1 aromatic carbocycles. The molecule has 0 fully saturated rings. The molecule has 3 N–H and O–H groups in total. The van der Waals surface area contributed by atoms with Crippen LogP contribution in [0.15, 0.2) is 18.2 Å². The van der Waals surface area contributed by atoms with Crippen LogP contribution >= 0.6 is 0 Å². The average Bonchev–Trinajstić information content (AvgIpc) is 2.17. The van der Waals surface area contributed by atoms with Gasteiger partial charge in [0.05, 0.1) is 5.69 Å². The number of nitrogens with one attached hydrogen (secondary N) is 1. The zero-order valence-electron chi connectivity index (χ0n) is 8.76. The Morgan fingerprint density at radius 1 is 1.40 bits per heavy atom. The van der Waals surface area contributed by atoms with Crippen molar-refractivity contribution in [3.05, 3.63) is 29.8 Å². The standard InChI is InChI=1S/C11H16F2N2/c1-8(14)3-2-6-15-11-7-9(12)4-5-10(11)13/h4-5,7-8,15H,2-3,6,14H2,1H3. The van der Waals surface area contributed by atoms with Gasteiger partial charge in [-0.05, 0) is 38.0 Å². The molecule has 0 saturated carbocycles. The Labute approximate surface area is 88.5 Å². The normalized spacial score (nSPS) is 12.5. The highest BCUT2D eigenvalue weighted by atomic mass is 19.1. The van der Waals surface area contributed by atoms with E-state index in [0.29, 0.717) is 6.54 Å². The number of benzene rings is 1. The van der Waals surface area contributed by atoms with E-state index in [1.807, 2.05) is 6.92 Å². The second-order valence-electron chi connectivity index (χ2n) is 3.67. The number of nitrogens with two attached hydrogens (primary N) is 1. The highest BCUT2D eigenvalue weighted by Gasteiger charge is 2.02. The fourth-order valence-electron chi connectivity index (χ4n) is 1.28. The lowest BCUT2D eigenvalue weighted by Gasteiger charge is -2.08. The quantitative estimate of drug-likeness (QED) is 0.739. The maximum absolute atomic E-state index is 13.1. The van der Waals surface area contributed by atoms with Crippen LogP contribution in [0.25, 0.3) is 0 Å². The van der Waals surface area contributed by atoms with Gasteiger partial charge in [0.1, 0.15) is 11.6 Å². The van der Waals surface area contributed by atoms with E-state index in [0.717, 1.165) is 31.0 Å². The van der Waals surface area contributed by atoms with Crippen molar-refractivity contribution in [3.8, 4) is 0 Å². The van der Waals surface area contributed by atoms with E-state index in [1.165, 1.54) is 0 Å². The molecular weight excluding hydrogens is 198 g/mol. The maximum atomic E-state index is 13.1. The molecule has 1 atom stereocenters. The zero-order valence-corrected chi connectivity index (χ0v) is 8.76. The van der Waals surface area contributed by atoms with Crippen molar-refractivity contribution < 1.29 is 8.78 Å². The first-order valence-electron chi connectivity index (χ1n) is 5.04. The molecule has 2 nitrogen and oxygen atoms in total. The molecule has 15 heavy (non-hydrogen) atoms. The SMILES string of the molecule is CC(N)CCCNc1cc(F)ccc1F. The first-order chi connectivity index (χ1) is 7.09. The van der Waals surface area contributed by atoms with Crippen LogP contribution in [-0.2, 0) is 0 Å². The van der Waals surface area contributed by atoms with Crippen LogP contribution in [0, 0.1) is 11.6 Å². The molecule has 0 spiro atoms. The average molecular weight is 214 g/mol. The van der Waals surface area contributed by atoms with Crippen molar-refractivity contribution in [3.63, 3.8) is 0 Å². The second-order valence-corrected chi connectivity index (χ2v) is 3.67. The van der Waals surface area contributed by atoms with Crippen molar-refractivity contribution >= 4 is 5.69 Å². The predicted octanol–water partition coefficient (Wildman–Crippen LogP) is 2.50. The number of hydrogen-bond donors (Lipinski definition) is 2. The molecule has 84 valence electrons. The Morgan fingerprint density at radius 2 is 2.13 bits per heavy atom. The van der Waals surface area contributed by atoms with Crippen molar-refractivity contribution in [2.45, 2.75) is 25.8 Å². The third-order valence-corrected chi connectivity index (χ3v) is 2.08. The van der Waals surface area contributed by atoms with Gasteiger partial charge in [-0.3, -0.25) is 0 Å². The summed E-state index contributed by atoms with van der Waals surface area (Å²) in [4.78, 5) is 0. The largest absolute Gasteiger partial charge is 0.383 e. The Hall–Kier alpha value is -1.16. The highest BCUT2D eigenvalue weighted by Crippen LogP contribution is 2.15. The van der Waals surface area contributed by atoms with Crippen molar-refractivity contribution in [2.24, 2.45) is 5.73 Å². The maximum Gasteiger partial charge on any atom is 0.146 e. The molecule has 0 saturated heterocycles. The van der Waals surface area contributed by atoms with Crippen molar-refractivity contribution in [2.75, 3.05) is 11.9 Å². The Balaban J connectivity index is 2.40. The zero-order chi connectivity index (χ0) is 11.3.